The topological polar surface area (TPSA) is 54.3 Å². The molecule has 0 spiro atoms. The molecular formula is C19H21N5O. The van der Waals surface area contributed by atoms with E-state index in [1.165, 1.54) is 0 Å². The number of para-hydroxylation sites is 1. The van der Waals surface area contributed by atoms with Gasteiger partial charge in [-0.15, -0.1) is 0 Å². The second-order valence-electron chi connectivity index (χ2n) is 6.29. The predicted molar refractivity (Wildman–Crippen MR) is 96.3 cm³/mol. The molecule has 1 amide bonds. The van der Waals surface area contributed by atoms with Crippen LogP contribution in [-0.4, -0.2) is 63.2 Å². The Hall–Kier alpha value is -2.73. The standard InChI is InChI=1S/C19H21N5O/c25-19(18-7-6-16-4-1-2-5-17(16)21-18)23-13-10-22(11-14-23)12-15-24-9-3-8-20-24/h1-9H,10-15H2. The highest BCUT2D eigenvalue weighted by atomic mass is 16.2. The summed E-state index contributed by atoms with van der Waals surface area (Å²) < 4.78 is 1.94. The van der Waals surface area contributed by atoms with Gasteiger partial charge in [-0.2, -0.15) is 5.10 Å². The molecule has 2 aromatic heterocycles. The minimum Gasteiger partial charge on any atom is -0.335 e. The van der Waals surface area contributed by atoms with Gasteiger partial charge in [-0.3, -0.25) is 14.4 Å². The van der Waals surface area contributed by atoms with Crippen molar-refractivity contribution in [1.82, 2.24) is 24.6 Å². The molecule has 1 aliphatic heterocycles. The third-order valence-electron chi connectivity index (χ3n) is 4.68. The number of piperazine rings is 1. The highest BCUT2D eigenvalue weighted by Gasteiger charge is 2.22. The van der Waals surface area contributed by atoms with E-state index in [9.17, 15) is 4.79 Å². The van der Waals surface area contributed by atoms with E-state index < -0.39 is 0 Å². The highest BCUT2D eigenvalue weighted by Crippen LogP contribution is 2.14. The fourth-order valence-electron chi connectivity index (χ4n) is 3.20. The van der Waals surface area contributed by atoms with Crippen molar-refractivity contribution in [3.63, 3.8) is 0 Å². The van der Waals surface area contributed by atoms with Crippen LogP contribution in [0.2, 0.25) is 0 Å². The van der Waals surface area contributed by atoms with Crippen LogP contribution < -0.4 is 0 Å². The van der Waals surface area contributed by atoms with Gasteiger partial charge in [0.25, 0.3) is 5.91 Å². The van der Waals surface area contributed by atoms with Crippen LogP contribution in [-0.2, 0) is 6.54 Å². The van der Waals surface area contributed by atoms with Gasteiger partial charge in [-0.25, -0.2) is 4.98 Å². The molecule has 1 aliphatic rings. The Morgan fingerprint density at radius 2 is 1.80 bits per heavy atom. The molecule has 0 bridgehead atoms. The molecular weight excluding hydrogens is 314 g/mol. The number of rotatable bonds is 4. The van der Waals surface area contributed by atoms with E-state index in [-0.39, 0.29) is 5.91 Å². The highest BCUT2D eigenvalue weighted by molar-refractivity contribution is 5.95. The number of aromatic nitrogens is 3. The molecule has 128 valence electrons. The van der Waals surface area contributed by atoms with E-state index in [0.717, 1.165) is 50.2 Å². The molecule has 0 saturated carbocycles. The smallest absolute Gasteiger partial charge is 0.272 e. The van der Waals surface area contributed by atoms with E-state index in [4.69, 9.17) is 0 Å². The van der Waals surface area contributed by atoms with Crippen LogP contribution in [0, 0.1) is 0 Å². The molecule has 3 heterocycles. The molecule has 0 aliphatic carbocycles. The number of hydrogen-bond acceptors (Lipinski definition) is 4. The fourth-order valence-corrected chi connectivity index (χ4v) is 3.20. The average molecular weight is 335 g/mol. The molecule has 6 nitrogen and oxygen atoms in total. The first-order valence-corrected chi connectivity index (χ1v) is 8.64. The zero-order valence-corrected chi connectivity index (χ0v) is 14.1. The van der Waals surface area contributed by atoms with E-state index in [2.05, 4.69) is 15.0 Å². The van der Waals surface area contributed by atoms with Crippen molar-refractivity contribution in [2.45, 2.75) is 6.54 Å². The van der Waals surface area contributed by atoms with Crippen LogP contribution in [0.4, 0.5) is 0 Å². The molecule has 1 aromatic carbocycles. The van der Waals surface area contributed by atoms with Crippen LogP contribution >= 0.6 is 0 Å². The van der Waals surface area contributed by atoms with Crippen molar-refractivity contribution in [2.75, 3.05) is 32.7 Å². The lowest BCUT2D eigenvalue weighted by molar-refractivity contribution is 0.0626. The SMILES string of the molecule is O=C(c1ccc2ccccc2n1)N1CCN(CCn2cccn2)CC1. The van der Waals surface area contributed by atoms with E-state index >= 15 is 0 Å². The zero-order valence-electron chi connectivity index (χ0n) is 14.1. The molecule has 25 heavy (non-hydrogen) atoms. The first kappa shape index (κ1) is 15.8. The summed E-state index contributed by atoms with van der Waals surface area (Å²) in [5.74, 6) is 0.0254. The molecule has 0 N–H and O–H groups in total. The molecule has 1 fully saturated rings. The lowest BCUT2D eigenvalue weighted by Crippen LogP contribution is -2.49. The van der Waals surface area contributed by atoms with Crippen molar-refractivity contribution in [3.8, 4) is 0 Å². The van der Waals surface area contributed by atoms with Gasteiger partial charge < -0.3 is 4.90 Å². The number of hydrogen-bond donors (Lipinski definition) is 0. The van der Waals surface area contributed by atoms with E-state index in [1.54, 1.807) is 6.20 Å². The molecule has 1 saturated heterocycles. The van der Waals surface area contributed by atoms with Crippen LogP contribution in [0.25, 0.3) is 10.9 Å². The maximum atomic E-state index is 12.7. The Bertz CT molecular complexity index is 853. The second kappa shape index (κ2) is 7.03. The molecule has 4 rings (SSSR count). The van der Waals surface area contributed by atoms with Crippen molar-refractivity contribution in [1.29, 1.82) is 0 Å². The Balaban J connectivity index is 1.35. The van der Waals surface area contributed by atoms with Crippen LogP contribution in [0.3, 0.4) is 0 Å². The number of amides is 1. The normalized spacial score (nSPS) is 15.6. The number of pyridine rings is 1. The van der Waals surface area contributed by atoms with Gasteiger partial charge >= 0.3 is 0 Å². The second-order valence-corrected chi connectivity index (χ2v) is 6.29. The van der Waals surface area contributed by atoms with Crippen molar-refractivity contribution >= 4 is 16.8 Å². The Morgan fingerprint density at radius 3 is 2.60 bits per heavy atom. The minimum atomic E-state index is 0.0254. The summed E-state index contributed by atoms with van der Waals surface area (Å²) in [5.41, 5.74) is 1.40. The first-order valence-electron chi connectivity index (χ1n) is 8.64. The summed E-state index contributed by atoms with van der Waals surface area (Å²) in [6.45, 7) is 5.10. The van der Waals surface area contributed by atoms with Crippen molar-refractivity contribution in [2.24, 2.45) is 0 Å². The number of fused-ring (bicyclic) bond motifs is 1. The van der Waals surface area contributed by atoms with Gasteiger partial charge in [-0.1, -0.05) is 24.3 Å². The van der Waals surface area contributed by atoms with Crippen LogP contribution in [0.5, 0.6) is 0 Å². The molecule has 0 radical (unpaired) electrons. The summed E-state index contributed by atoms with van der Waals surface area (Å²) in [5, 5.41) is 5.28. The quantitative estimate of drug-likeness (QED) is 0.731. The average Bonchev–Trinajstić information content (AvgIpc) is 3.19. The van der Waals surface area contributed by atoms with Gasteiger partial charge in [-0.05, 0) is 18.2 Å². The Morgan fingerprint density at radius 1 is 0.960 bits per heavy atom. The zero-order chi connectivity index (χ0) is 17.1. The summed E-state index contributed by atoms with van der Waals surface area (Å²) in [7, 11) is 0. The number of carbonyl (C=O) groups is 1. The van der Waals surface area contributed by atoms with Gasteiger partial charge in [0.1, 0.15) is 5.69 Å². The van der Waals surface area contributed by atoms with E-state index in [0.29, 0.717) is 5.69 Å². The lowest BCUT2D eigenvalue weighted by Gasteiger charge is -2.34. The summed E-state index contributed by atoms with van der Waals surface area (Å²) in [6.07, 6.45) is 3.78. The third-order valence-corrected chi connectivity index (χ3v) is 4.68. The first-order chi connectivity index (χ1) is 12.3. The van der Waals surface area contributed by atoms with Crippen LogP contribution in [0.1, 0.15) is 10.5 Å². The number of benzene rings is 1. The van der Waals surface area contributed by atoms with Gasteiger partial charge in [0, 0.05) is 50.5 Å². The monoisotopic (exact) mass is 335 g/mol. The van der Waals surface area contributed by atoms with Crippen molar-refractivity contribution in [3.05, 3.63) is 60.6 Å². The number of nitrogens with zero attached hydrogens (tertiary/aromatic N) is 5. The molecule has 0 atom stereocenters. The van der Waals surface area contributed by atoms with Gasteiger partial charge in [0.05, 0.1) is 12.1 Å². The summed E-state index contributed by atoms with van der Waals surface area (Å²) in [6, 6.07) is 13.6. The Labute approximate surface area is 146 Å². The maximum absolute atomic E-state index is 12.7. The minimum absolute atomic E-state index is 0.0254. The van der Waals surface area contributed by atoms with Gasteiger partial charge in [0.15, 0.2) is 0 Å². The molecule has 0 unspecified atom stereocenters. The summed E-state index contributed by atoms with van der Waals surface area (Å²) >= 11 is 0. The molecule has 6 heteroatoms. The number of carbonyl (C=O) groups excluding carboxylic acids is 1. The van der Waals surface area contributed by atoms with Crippen molar-refractivity contribution < 1.29 is 4.79 Å². The Kier molecular flexibility index (Phi) is 4.43. The third kappa shape index (κ3) is 3.53. The maximum Gasteiger partial charge on any atom is 0.272 e. The lowest BCUT2D eigenvalue weighted by atomic mass is 10.2. The predicted octanol–water partition coefficient (Wildman–Crippen LogP) is 1.89. The summed E-state index contributed by atoms with van der Waals surface area (Å²) in [4.78, 5) is 21.5. The van der Waals surface area contributed by atoms with E-state index in [1.807, 2.05) is 58.2 Å². The molecule has 3 aromatic rings. The van der Waals surface area contributed by atoms with Crippen LogP contribution in [0.15, 0.2) is 54.9 Å². The largest absolute Gasteiger partial charge is 0.335 e. The van der Waals surface area contributed by atoms with Gasteiger partial charge in [0.2, 0.25) is 0 Å². The fraction of sp³-hybridized carbons (Fsp3) is 0.316.